The van der Waals surface area contributed by atoms with E-state index in [9.17, 15) is 19.7 Å². The van der Waals surface area contributed by atoms with Crippen molar-refractivity contribution < 1.29 is 19.6 Å². The highest BCUT2D eigenvalue weighted by Gasteiger charge is 2.40. The number of rotatable bonds is 7. The molecule has 126 valence electrons. The number of nitrogens with one attached hydrogen (secondary N) is 1. The molecule has 0 atom stereocenters. The van der Waals surface area contributed by atoms with Crippen molar-refractivity contribution in [2.45, 2.75) is 58.0 Å². The van der Waals surface area contributed by atoms with E-state index in [0.29, 0.717) is 24.2 Å². The number of aromatic nitrogens is 2. The van der Waals surface area contributed by atoms with Crippen LogP contribution in [0.4, 0.5) is 5.69 Å². The Morgan fingerprint density at radius 3 is 2.52 bits per heavy atom. The number of hydrogen-bond donors (Lipinski definition) is 2. The lowest BCUT2D eigenvalue weighted by Gasteiger charge is -2.41. The first-order valence-corrected chi connectivity index (χ1v) is 7.45. The number of aliphatic carboxylic acids is 1. The molecule has 9 nitrogen and oxygen atoms in total. The van der Waals surface area contributed by atoms with E-state index in [2.05, 4.69) is 10.4 Å². The molecule has 1 fully saturated rings. The van der Waals surface area contributed by atoms with Crippen molar-refractivity contribution in [3.05, 3.63) is 21.5 Å². The predicted molar refractivity (Wildman–Crippen MR) is 79.9 cm³/mol. The lowest BCUT2D eigenvalue weighted by molar-refractivity contribution is -0.386. The zero-order valence-electron chi connectivity index (χ0n) is 13.2. The van der Waals surface area contributed by atoms with Crippen molar-refractivity contribution in [3.8, 4) is 0 Å². The van der Waals surface area contributed by atoms with Gasteiger partial charge in [-0.15, -0.1) is 0 Å². The zero-order chi connectivity index (χ0) is 17.2. The van der Waals surface area contributed by atoms with Crippen molar-refractivity contribution >= 4 is 17.6 Å². The van der Waals surface area contributed by atoms with E-state index < -0.39 is 16.4 Å². The van der Waals surface area contributed by atoms with Gasteiger partial charge >= 0.3 is 11.7 Å². The molecule has 2 N–H and O–H groups in total. The summed E-state index contributed by atoms with van der Waals surface area (Å²) in [5.41, 5.74) is 0.0504. The highest BCUT2D eigenvalue weighted by molar-refractivity contribution is 5.78. The molecule has 9 heteroatoms. The Hall–Kier alpha value is -2.45. The maximum Gasteiger partial charge on any atom is 0.312 e. The summed E-state index contributed by atoms with van der Waals surface area (Å²) in [7, 11) is 0. The van der Waals surface area contributed by atoms with Crippen molar-refractivity contribution in [3.63, 3.8) is 0 Å². The third-order valence-electron chi connectivity index (χ3n) is 4.28. The summed E-state index contributed by atoms with van der Waals surface area (Å²) in [6.45, 7) is 3.36. The number of nitro groups is 1. The summed E-state index contributed by atoms with van der Waals surface area (Å²) in [6, 6.07) is 0. The maximum atomic E-state index is 12.1. The van der Waals surface area contributed by atoms with Gasteiger partial charge in [-0.3, -0.25) is 24.4 Å². The van der Waals surface area contributed by atoms with Crippen molar-refractivity contribution in [2.24, 2.45) is 0 Å². The summed E-state index contributed by atoms with van der Waals surface area (Å²) in [5.74, 6) is -1.19. The van der Waals surface area contributed by atoms with Crippen molar-refractivity contribution in [1.29, 1.82) is 0 Å². The van der Waals surface area contributed by atoms with Crippen LogP contribution in [0.5, 0.6) is 0 Å². The average molecular weight is 324 g/mol. The molecule has 1 aliphatic carbocycles. The van der Waals surface area contributed by atoms with Gasteiger partial charge in [0.1, 0.15) is 11.4 Å². The standard InChI is InChI=1S/C14H20N4O5/c1-9-13(18(22)23)10(2)17(16-9)7-4-11(19)15-14(5-3-6-14)8-12(20)21/h3-8H2,1-2H3,(H,15,19)(H,20,21). The average Bonchev–Trinajstić information content (AvgIpc) is 2.68. The highest BCUT2D eigenvalue weighted by Crippen LogP contribution is 2.35. The summed E-state index contributed by atoms with van der Waals surface area (Å²) >= 11 is 0. The quantitative estimate of drug-likeness (QED) is 0.575. The van der Waals surface area contributed by atoms with Gasteiger partial charge in [0, 0.05) is 6.42 Å². The van der Waals surface area contributed by atoms with Crippen LogP contribution < -0.4 is 5.32 Å². The lowest BCUT2D eigenvalue weighted by Crippen LogP contribution is -2.54. The molecule has 1 amide bonds. The first kappa shape index (κ1) is 16.9. The summed E-state index contributed by atoms with van der Waals surface area (Å²) in [6.07, 6.45) is 2.24. The monoisotopic (exact) mass is 324 g/mol. The number of hydrogen-bond acceptors (Lipinski definition) is 5. The third-order valence-corrected chi connectivity index (χ3v) is 4.28. The molecule has 0 saturated heterocycles. The molecule has 0 aliphatic heterocycles. The molecule has 23 heavy (non-hydrogen) atoms. The number of amides is 1. The van der Waals surface area contributed by atoms with Gasteiger partial charge in [-0.2, -0.15) is 5.10 Å². The van der Waals surface area contributed by atoms with Crippen LogP contribution in [0.25, 0.3) is 0 Å². The second-order valence-electron chi connectivity index (χ2n) is 6.00. The molecule has 1 aromatic rings. The minimum Gasteiger partial charge on any atom is -0.481 e. The molecular weight excluding hydrogens is 304 g/mol. The van der Waals surface area contributed by atoms with Crippen LogP contribution in [0.3, 0.4) is 0 Å². The minimum atomic E-state index is -0.931. The number of carboxylic acid groups (broad SMARTS) is 1. The van der Waals surface area contributed by atoms with Crippen LogP contribution in [0, 0.1) is 24.0 Å². The number of carbonyl (C=O) groups is 2. The Balaban J connectivity index is 1.96. The molecule has 1 heterocycles. The minimum absolute atomic E-state index is 0.0354. The van der Waals surface area contributed by atoms with Gasteiger partial charge in [0.15, 0.2) is 0 Å². The van der Waals surface area contributed by atoms with Gasteiger partial charge in [-0.1, -0.05) is 0 Å². The third kappa shape index (κ3) is 3.66. The Labute approximate surface area is 132 Å². The van der Waals surface area contributed by atoms with Crippen molar-refractivity contribution in [1.82, 2.24) is 15.1 Å². The summed E-state index contributed by atoms with van der Waals surface area (Å²) in [4.78, 5) is 33.4. The van der Waals surface area contributed by atoms with Gasteiger partial charge in [0.05, 0.1) is 23.4 Å². The Kier molecular flexibility index (Phi) is 4.67. The zero-order valence-corrected chi connectivity index (χ0v) is 13.2. The molecule has 0 radical (unpaired) electrons. The predicted octanol–water partition coefficient (Wildman–Crippen LogP) is 1.31. The second-order valence-corrected chi connectivity index (χ2v) is 6.00. The van der Waals surface area contributed by atoms with Crippen molar-refractivity contribution in [2.75, 3.05) is 0 Å². The number of aryl methyl sites for hydroxylation is 2. The fourth-order valence-electron chi connectivity index (χ4n) is 2.97. The van der Waals surface area contributed by atoms with E-state index in [1.165, 1.54) is 4.68 Å². The molecular formula is C14H20N4O5. The van der Waals surface area contributed by atoms with E-state index in [1.54, 1.807) is 13.8 Å². The summed E-state index contributed by atoms with van der Waals surface area (Å²) in [5, 5.41) is 26.8. The molecule has 1 aromatic heterocycles. The first-order valence-electron chi connectivity index (χ1n) is 7.45. The van der Waals surface area contributed by atoms with Crippen LogP contribution in [-0.2, 0) is 16.1 Å². The Morgan fingerprint density at radius 2 is 2.09 bits per heavy atom. The molecule has 0 aromatic carbocycles. The van der Waals surface area contributed by atoms with E-state index in [4.69, 9.17) is 5.11 Å². The van der Waals surface area contributed by atoms with Gasteiger partial charge in [0.2, 0.25) is 5.91 Å². The summed E-state index contributed by atoms with van der Waals surface area (Å²) < 4.78 is 1.44. The van der Waals surface area contributed by atoms with E-state index >= 15 is 0 Å². The maximum absolute atomic E-state index is 12.1. The fraction of sp³-hybridized carbons (Fsp3) is 0.643. The van der Waals surface area contributed by atoms with Gasteiger partial charge in [-0.05, 0) is 33.1 Å². The molecule has 0 bridgehead atoms. The van der Waals surface area contributed by atoms with Gasteiger partial charge < -0.3 is 10.4 Å². The number of nitrogens with zero attached hydrogens (tertiary/aromatic N) is 3. The Bertz CT molecular complexity index is 648. The number of carbonyl (C=O) groups excluding carboxylic acids is 1. The molecule has 1 aliphatic rings. The van der Waals surface area contributed by atoms with Gasteiger partial charge in [-0.25, -0.2) is 0 Å². The fourth-order valence-corrected chi connectivity index (χ4v) is 2.97. The topological polar surface area (TPSA) is 127 Å². The first-order chi connectivity index (χ1) is 10.7. The van der Waals surface area contributed by atoms with Crippen LogP contribution in [0.2, 0.25) is 0 Å². The molecule has 0 unspecified atom stereocenters. The number of carboxylic acids is 1. The SMILES string of the molecule is Cc1nn(CCC(=O)NC2(CC(=O)O)CCC2)c(C)c1[N+](=O)[O-]. The van der Waals surface area contributed by atoms with Crippen LogP contribution in [0.1, 0.15) is 43.5 Å². The molecule has 1 saturated carbocycles. The van der Waals surface area contributed by atoms with E-state index in [1.807, 2.05) is 0 Å². The van der Waals surface area contributed by atoms with Crippen LogP contribution in [0.15, 0.2) is 0 Å². The van der Waals surface area contributed by atoms with Crippen LogP contribution >= 0.6 is 0 Å². The highest BCUT2D eigenvalue weighted by atomic mass is 16.6. The Morgan fingerprint density at radius 1 is 1.43 bits per heavy atom. The lowest BCUT2D eigenvalue weighted by atomic mass is 9.74. The largest absolute Gasteiger partial charge is 0.481 e. The molecule has 2 rings (SSSR count). The van der Waals surface area contributed by atoms with Crippen LogP contribution in [-0.4, -0.2) is 37.2 Å². The smallest absolute Gasteiger partial charge is 0.312 e. The second kappa shape index (κ2) is 6.35. The van der Waals surface area contributed by atoms with E-state index in [-0.39, 0.29) is 31.0 Å². The van der Waals surface area contributed by atoms with E-state index in [0.717, 1.165) is 6.42 Å². The molecule has 0 spiro atoms. The van der Waals surface area contributed by atoms with Gasteiger partial charge in [0.25, 0.3) is 0 Å². The normalized spacial score (nSPS) is 15.7.